The molecule has 1 amide bonds. The number of hydrogen-bond donors (Lipinski definition) is 1. The second-order valence-corrected chi connectivity index (χ2v) is 8.75. The fraction of sp³-hybridized carbons (Fsp3) is 0.333. The minimum Gasteiger partial charge on any atom is -0.352 e. The Kier molecular flexibility index (Phi) is 5.84. The fourth-order valence-corrected chi connectivity index (χ4v) is 3.58. The second kappa shape index (κ2) is 8.71. The first kappa shape index (κ1) is 20.8. The highest BCUT2D eigenvalue weighted by Gasteiger charge is 2.23. The third kappa shape index (κ3) is 4.99. The van der Waals surface area contributed by atoms with Crippen LogP contribution in [0.3, 0.4) is 0 Å². The van der Waals surface area contributed by atoms with Gasteiger partial charge in [0.1, 0.15) is 0 Å². The van der Waals surface area contributed by atoms with E-state index in [9.17, 15) is 4.79 Å². The molecule has 31 heavy (non-hydrogen) atoms. The smallest absolute Gasteiger partial charge is 0.253 e. The number of nitrogens with one attached hydrogen (secondary N) is 1. The summed E-state index contributed by atoms with van der Waals surface area (Å²) < 4.78 is 0. The molecule has 160 valence electrons. The summed E-state index contributed by atoms with van der Waals surface area (Å²) in [5.41, 5.74) is 2.92. The van der Waals surface area contributed by atoms with E-state index in [1.165, 1.54) is 5.56 Å². The number of anilines is 3. The predicted molar refractivity (Wildman–Crippen MR) is 123 cm³/mol. The number of pyridine rings is 1. The Morgan fingerprint density at radius 2 is 1.68 bits per heavy atom. The Morgan fingerprint density at radius 3 is 2.26 bits per heavy atom. The van der Waals surface area contributed by atoms with Crippen molar-refractivity contribution < 1.29 is 4.79 Å². The third-order valence-corrected chi connectivity index (χ3v) is 5.47. The fourth-order valence-electron chi connectivity index (χ4n) is 3.58. The number of hydrogen-bond acceptors (Lipinski definition) is 6. The van der Waals surface area contributed by atoms with Crippen LogP contribution < -0.4 is 10.2 Å². The molecule has 2 aromatic heterocycles. The summed E-state index contributed by atoms with van der Waals surface area (Å²) in [6.45, 7) is 9.31. The van der Waals surface area contributed by atoms with Gasteiger partial charge in [-0.05, 0) is 47.4 Å². The van der Waals surface area contributed by atoms with Gasteiger partial charge >= 0.3 is 0 Å². The van der Waals surface area contributed by atoms with Crippen molar-refractivity contribution in [1.82, 2.24) is 20.1 Å². The van der Waals surface area contributed by atoms with E-state index in [0.717, 1.165) is 30.2 Å². The van der Waals surface area contributed by atoms with Crippen LogP contribution >= 0.6 is 0 Å². The Hall–Kier alpha value is -3.48. The van der Waals surface area contributed by atoms with Gasteiger partial charge in [-0.25, -0.2) is 0 Å². The van der Waals surface area contributed by atoms with Gasteiger partial charge in [0.2, 0.25) is 0 Å². The summed E-state index contributed by atoms with van der Waals surface area (Å²) in [4.78, 5) is 21.0. The van der Waals surface area contributed by atoms with Crippen LogP contribution in [0.1, 0.15) is 36.7 Å². The Labute approximate surface area is 183 Å². The molecule has 0 spiro atoms. The molecule has 3 heterocycles. The van der Waals surface area contributed by atoms with Gasteiger partial charge in [0, 0.05) is 37.9 Å². The zero-order valence-electron chi connectivity index (χ0n) is 18.2. The first-order valence-corrected chi connectivity index (χ1v) is 10.6. The van der Waals surface area contributed by atoms with Gasteiger partial charge in [-0.2, -0.15) is 0 Å². The maximum atomic E-state index is 12.9. The average Bonchev–Trinajstić information content (AvgIpc) is 2.79. The number of aromatic nitrogens is 3. The van der Waals surface area contributed by atoms with E-state index >= 15 is 0 Å². The quantitative estimate of drug-likeness (QED) is 0.696. The van der Waals surface area contributed by atoms with Crippen molar-refractivity contribution in [3.63, 3.8) is 0 Å². The molecule has 1 N–H and O–H groups in total. The number of carbonyl (C=O) groups excluding carboxylic acids is 1. The largest absolute Gasteiger partial charge is 0.352 e. The standard InChI is InChI=1S/C24H28N6O/c1-24(2,3)19-8-6-18(7-9-19)23(31)30-15-13-29(14-16-30)22-11-10-21(27-28-22)26-20-5-4-12-25-17-20/h4-12,17H,13-16H2,1-3H3,(H,26,27). The molecule has 1 aromatic carbocycles. The molecule has 1 aliphatic heterocycles. The maximum absolute atomic E-state index is 12.9. The number of rotatable bonds is 4. The van der Waals surface area contributed by atoms with E-state index in [4.69, 9.17) is 0 Å². The van der Waals surface area contributed by atoms with Crippen LogP contribution in [0.2, 0.25) is 0 Å². The SMILES string of the molecule is CC(C)(C)c1ccc(C(=O)N2CCN(c3ccc(Nc4cccnc4)nn3)CC2)cc1. The molecule has 1 saturated heterocycles. The number of benzene rings is 1. The molecule has 0 radical (unpaired) electrons. The molecule has 0 saturated carbocycles. The van der Waals surface area contributed by atoms with Crippen molar-refractivity contribution in [1.29, 1.82) is 0 Å². The number of amides is 1. The van der Waals surface area contributed by atoms with Gasteiger partial charge in [-0.1, -0.05) is 32.9 Å². The average molecular weight is 417 g/mol. The van der Waals surface area contributed by atoms with Crippen LogP contribution in [0, 0.1) is 0 Å². The van der Waals surface area contributed by atoms with E-state index in [-0.39, 0.29) is 11.3 Å². The number of nitrogens with zero attached hydrogens (tertiary/aromatic N) is 5. The van der Waals surface area contributed by atoms with Crippen molar-refractivity contribution >= 4 is 23.2 Å². The molecule has 7 heteroatoms. The normalized spacial score (nSPS) is 14.4. The minimum atomic E-state index is 0.0806. The summed E-state index contributed by atoms with van der Waals surface area (Å²) in [6.07, 6.45) is 3.47. The van der Waals surface area contributed by atoms with E-state index in [1.807, 2.05) is 41.3 Å². The molecule has 0 atom stereocenters. The zero-order chi connectivity index (χ0) is 21.8. The number of carbonyl (C=O) groups is 1. The molecule has 1 aliphatic rings. The Balaban J connectivity index is 1.33. The van der Waals surface area contributed by atoms with E-state index < -0.39 is 0 Å². The zero-order valence-corrected chi connectivity index (χ0v) is 18.2. The highest BCUT2D eigenvalue weighted by atomic mass is 16.2. The molecule has 4 rings (SSSR count). The molecule has 0 aliphatic carbocycles. The van der Waals surface area contributed by atoms with E-state index in [2.05, 4.69) is 58.3 Å². The first-order valence-electron chi connectivity index (χ1n) is 10.6. The summed E-state index contributed by atoms with van der Waals surface area (Å²) in [5.74, 6) is 1.57. The summed E-state index contributed by atoms with van der Waals surface area (Å²) in [5, 5.41) is 11.8. The molecule has 0 unspecified atom stereocenters. The molecule has 3 aromatic rings. The topological polar surface area (TPSA) is 74.2 Å². The van der Waals surface area contributed by atoms with E-state index in [1.54, 1.807) is 12.4 Å². The van der Waals surface area contributed by atoms with Crippen molar-refractivity contribution in [2.24, 2.45) is 0 Å². The first-order chi connectivity index (χ1) is 14.9. The highest BCUT2D eigenvalue weighted by Crippen LogP contribution is 2.23. The lowest BCUT2D eigenvalue weighted by Crippen LogP contribution is -2.49. The van der Waals surface area contributed by atoms with Crippen molar-refractivity contribution in [3.8, 4) is 0 Å². The van der Waals surface area contributed by atoms with Crippen molar-refractivity contribution in [2.75, 3.05) is 36.4 Å². The second-order valence-electron chi connectivity index (χ2n) is 8.75. The molecule has 1 fully saturated rings. The Morgan fingerprint density at radius 1 is 0.935 bits per heavy atom. The maximum Gasteiger partial charge on any atom is 0.253 e. The molecular formula is C24H28N6O. The monoisotopic (exact) mass is 416 g/mol. The van der Waals surface area contributed by atoms with Gasteiger partial charge in [0.05, 0.1) is 11.9 Å². The van der Waals surface area contributed by atoms with Crippen molar-refractivity contribution in [3.05, 3.63) is 72.1 Å². The van der Waals surface area contributed by atoms with Crippen LogP contribution in [-0.4, -0.2) is 52.2 Å². The van der Waals surface area contributed by atoms with Gasteiger partial charge in [0.15, 0.2) is 11.6 Å². The van der Waals surface area contributed by atoms with Crippen LogP contribution in [-0.2, 0) is 5.41 Å². The van der Waals surface area contributed by atoms with Crippen LogP contribution in [0.4, 0.5) is 17.3 Å². The predicted octanol–water partition coefficient (Wildman–Crippen LogP) is 3.88. The van der Waals surface area contributed by atoms with Crippen LogP contribution in [0.25, 0.3) is 0 Å². The van der Waals surface area contributed by atoms with Gasteiger partial charge in [-0.3, -0.25) is 9.78 Å². The highest BCUT2D eigenvalue weighted by molar-refractivity contribution is 5.94. The van der Waals surface area contributed by atoms with Crippen molar-refractivity contribution in [2.45, 2.75) is 26.2 Å². The number of piperazine rings is 1. The molecule has 7 nitrogen and oxygen atoms in total. The van der Waals surface area contributed by atoms with Gasteiger partial charge in [0.25, 0.3) is 5.91 Å². The molecule has 0 bridgehead atoms. The minimum absolute atomic E-state index is 0.0806. The summed E-state index contributed by atoms with van der Waals surface area (Å²) >= 11 is 0. The summed E-state index contributed by atoms with van der Waals surface area (Å²) in [7, 11) is 0. The van der Waals surface area contributed by atoms with Crippen LogP contribution in [0.5, 0.6) is 0 Å². The lowest BCUT2D eigenvalue weighted by molar-refractivity contribution is 0.0746. The lowest BCUT2D eigenvalue weighted by Gasteiger charge is -2.35. The summed E-state index contributed by atoms with van der Waals surface area (Å²) in [6, 6.07) is 15.6. The van der Waals surface area contributed by atoms with E-state index in [0.29, 0.717) is 18.9 Å². The lowest BCUT2D eigenvalue weighted by atomic mass is 9.86. The third-order valence-electron chi connectivity index (χ3n) is 5.47. The molecular weight excluding hydrogens is 388 g/mol. The Bertz CT molecular complexity index is 1000. The van der Waals surface area contributed by atoms with Gasteiger partial charge in [-0.15, -0.1) is 10.2 Å². The van der Waals surface area contributed by atoms with Gasteiger partial charge < -0.3 is 15.1 Å². The van der Waals surface area contributed by atoms with Crippen LogP contribution in [0.15, 0.2) is 60.9 Å².